The normalized spacial score (nSPS) is 16.5. The maximum Gasteiger partial charge on any atom is 0.230 e. The van der Waals surface area contributed by atoms with E-state index < -0.39 is 0 Å². The summed E-state index contributed by atoms with van der Waals surface area (Å²) in [5.74, 6) is 0.846. The molecule has 4 heteroatoms. The molecule has 134 valence electrons. The number of hydrogen-bond acceptors (Lipinski definition) is 3. The summed E-state index contributed by atoms with van der Waals surface area (Å²) in [6, 6.07) is 21.7. The molecule has 0 aliphatic carbocycles. The van der Waals surface area contributed by atoms with Gasteiger partial charge in [0.25, 0.3) is 0 Å². The molecule has 1 amide bonds. The molecule has 0 saturated carbocycles. The van der Waals surface area contributed by atoms with Crippen molar-refractivity contribution in [1.29, 1.82) is 5.26 Å². The van der Waals surface area contributed by atoms with Crippen LogP contribution in [-0.2, 0) is 11.3 Å². The number of carbonyl (C=O) groups is 1. The van der Waals surface area contributed by atoms with Crippen molar-refractivity contribution >= 4 is 16.7 Å². The van der Waals surface area contributed by atoms with Gasteiger partial charge in [0.1, 0.15) is 5.75 Å². The fourth-order valence-electron chi connectivity index (χ4n) is 3.86. The van der Waals surface area contributed by atoms with Crippen molar-refractivity contribution in [3.05, 3.63) is 77.4 Å². The number of hydrogen-bond donors (Lipinski definition) is 0. The van der Waals surface area contributed by atoms with E-state index in [0.717, 1.165) is 40.6 Å². The first-order valence-electron chi connectivity index (χ1n) is 9.04. The molecule has 4 nitrogen and oxygen atoms in total. The van der Waals surface area contributed by atoms with Crippen LogP contribution in [0.5, 0.6) is 5.75 Å². The monoisotopic (exact) mass is 356 g/mol. The Kier molecular flexibility index (Phi) is 4.52. The lowest BCUT2D eigenvalue weighted by molar-refractivity contribution is -0.129. The van der Waals surface area contributed by atoms with Crippen LogP contribution >= 0.6 is 0 Å². The van der Waals surface area contributed by atoms with E-state index in [-0.39, 0.29) is 11.8 Å². The first-order valence-corrected chi connectivity index (χ1v) is 9.04. The quantitative estimate of drug-likeness (QED) is 0.703. The van der Waals surface area contributed by atoms with Crippen LogP contribution in [0.3, 0.4) is 0 Å². The molecule has 4 rings (SSSR count). The lowest BCUT2D eigenvalue weighted by Gasteiger charge is -2.18. The van der Waals surface area contributed by atoms with Gasteiger partial charge < -0.3 is 9.64 Å². The van der Waals surface area contributed by atoms with Gasteiger partial charge in [-0.2, -0.15) is 5.26 Å². The van der Waals surface area contributed by atoms with Crippen LogP contribution in [-0.4, -0.2) is 24.5 Å². The van der Waals surface area contributed by atoms with Gasteiger partial charge >= 0.3 is 0 Å². The van der Waals surface area contributed by atoms with E-state index in [1.807, 2.05) is 53.4 Å². The van der Waals surface area contributed by atoms with Gasteiger partial charge in [-0.3, -0.25) is 4.79 Å². The fraction of sp³-hybridized carbons (Fsp3) is 0.217. The molecule has 1 aliphatic heterocycles. The van der Waals surface area contributed by atoms with Crippen molar-refractivity contribution in [3.63, 3.8) is 0 Å². The highest BCUT2D eigenvalue weighted by Crippen LogP contribution is 2.35. The van der Waals surface area contributed by atoms with Crippen LogP contribution in [0.15, 0.2) is 60.7 Å². The Balaban J connectivity index is 1.60. The summed E-state index contributed by atoms with van der Waals surface area (Å²) < 4.78 is 5.31. The number of methoxy groups -OCH3 is 1. The third-order valence-corrected chi connectivity index (χ3v) is 5.22. The third-order valence-electron chi connectivity index (χ3n) is 5.22. The van der Waals surface area contributed by atoms with Gasteiger partial charge in [-0.1, -0.05) is 36.4 Å². The minimum absolute atomic E-state index is 0.124. The average Bonchev–Trinajstić information content (AvgIpc) is 3.07. The van der Waals surface area contributed by atoms with Crippen molar-refractivity contribution < 1.29 is 9.53 Å². The minimum Gasteiger partial charge on any atom is -0.497 e. The van der Waals surface area contributed by atoms with E-state index in [1.165, 1.54) is 0 Å². The standard InChI is InChI=1S/C23H20N2O2/c1-27-19-8-9-20-18(13-19)6-3-7-21(20)22-10-11-25(23(22)26)15-17-5-2-4-16(12-17)14-24/h2-9,12-13,22H,10-11,15H2,1H3/t22-/m0/s1. The maximum atomic E-state index is 13.1. The second-order valence-electron chi connectivity index (χ2n) is 6.85. The molecule has 0 N–H and O–H groups in total. The molecule has 0 spiro atoms. The van der Waals surface area contributed by atoms with Crippen molar-refractivity contribution in [3.8, 4) is 11.8 Å². The van der Waals surface area contributed by atoms with Gasteiger partial charge in [-0.05, 0) is 52.6 Å². The molecule has 1 saturated heterocycles. The van der Waals surface area contributed by atoms with Crippen LogP contribution < -0.4 is 4.74 Å². The zero-order valence-corrected chi connectivity index (χ0v) is 15.2. The van der Waals surface area contributed by atoms with Crippen LogP contribution in [0.4, 0.5) is 0 Å². The predicted octanol–water partition coefficient (Wildman–Crippen LogP) is 4.24. The lowest BCUT2D eigenvalue weighted by Crippen LogP contribution is -2.26. The molecule has 0 aromatic heterocycles. The molecule has 1 heterocycles. The Hall–Kier alpha value is -3.32. The first kappa shape index (κ1) is 17.1. The molecule has 27 heavy (non-hydrogen) atoms. The Bertz CT molecular complexity index is 1050. The summed E-state index contributed by atoms with van der Waals surface area (Å²) in [5, 5.41) is 11.2. The average molecular weight is 356 g/mol. The van der Waals surface area contributed by atoms with Crippen molar-refractivity contribution in [2.75, 3.05) is 13.7 Å². The molecule has 0 unspecified atom stereocenters. The molecule has 1 aliphatic rings. The number of carbonyl (C=O) groups excluding carboxylic acids is 1. The second-order valence-corrected chi connectivity index (χ2v) is 6.85. The number of nitrogens with zero attached hydrogens (tertiary/aromatic N) is 2. The molecular formula is C23H20N2O2. The third kappa shape index (κ3) is 3.24. The zero-order chi connectivity index (χ0) is 18.8. The van der Waals surface area contributed by atoms with E-state index in [0.29, 0.717) is 12.1 Å². The molecule has 3 aromatic carbocycles. The summed E-state index contributed by atoms with van der Waals surface area (Å²) >= 11 is 0. The fourth-order valence-corrected chi connectivity index (χ4v) is 3.86. The Labute approximate surface area is 158 Å². The smallest absolute Gasteiger partial charge is 0.230 e. The van der Waals surface area contributed by atoms with Gasteiger partial charge in [0.05, 0.1) is 24.7 Å². The van der Waals surface area contributed by atoms with E-state index in [1.54, 1.807) is 13.2 Å². The highest BCUT2D eigenvalue weighted by Gasteiger charge is 2.33. The van der Waals surface area contributed by atoms with Crippen LogP contribution in [0.1, 0.15) is 29.0 Å². The Morgan fingerprint density at radius 2 is 2.00 bits per heavy atom. The van der Waals surface area contributed by atoms with Gasteiger partial charge in [0, 0.05) is 13.1 Å². The zero-order valence-electron chi connectivity index (χ0n) is 15.2. The van der Waals surface area contributed by atoms with Crippen molar-refractivity contribution in [1.82, 2.24) is 4.90 Å². The second kappa shape index (κ2) is 7.13. The summed E-state index contributed by atoms with van der Waals surface area (Å²) in [6.45, 7) is 1.27. The molecule has 3 aromatic rings. The van der Waals surface area contributed by atoms with Gasteiger partial charge in [0.2, 0.25) is 5.91 Å². The molecule has 1 atom stereocenters. The molecular weight excluding hydrogens is 336 g/mol. The molecule has 1 fully saturated rings. The minimum atomic E-state index is -0.124. The lowest BCUT2D eigenvalue weighted by atomic mass is 9.92. The summed E-state index contributed by atoms with van der Waals surface area (Å²) in [7, 11) is 1.66. The largest absolute Gasteiger partial charge is 0.497 e. The van der Waals surface area contributed by atoms with Crippen molar-refractivity contribution in [2.24, 2.45) is 0 Å². The number of rotatable bonds is 4. The van der Waals surface area contributed by atoms with Crippen molar-refractivity contribution in [2.45, 2.75) is 18.9 Å². The SMILES string of the molecule is COc1ccc2c([C@@H]3CCN(Cc4cccc(C#N)c4)C3=O)cccc2c1. The van der Waals surface area contributed by atoms with Crippen LogP contribution in [0, 0.1) is 11.3 Å². The Morgan fingerprint density at radius 3 is 2.81 bits per heavy atom. The highest BCUT2D eigenvalue weighted by atomic mass is 16.5. The van der Waals surface area contributed by atoms with E-state index in [4.69, 9.17) is 10.00 Å². The summed E-state index contributed by atoms with van der Waals surface area (Å²) in [5.41, 5.74) is 2.69. The number of benzene rings is 3. The van der Waals surface area contributed by atoms with Gasteiger partial charge in [-0.15, -0.1) is 0 Å². The van der Waals surface area contributed by atoms with Crippen LogP contribution in [0.25, 0.3) is 10.8 Å². The highest BCUT2D eigenvalue weighted by molar-refractivity contribution is 5.94. The van der Waals surface area contributed by atoms with Gasteiger partial charge in [-0.25, -0.2) is 0 Å². The number of likely N-dealkylation sites (tertiary alicyclic amines) is 1. The topological polar surface area (TPSA) is 53.3 Å². The predicted molar refractivity (Wildman–Crippen MR) is 104 cm³/mol. The van der Waals surface area contributed by atoms with E-state index >= 15 is 0 Å². The number of ether oxygens (including phenoxy) is 1. The van der Waals surface area contributed by atoms with Crippen LogP contribution in [0.2, 0.25) is 0 Å². The Morgan fingerprint density at radius 1 is 1.15 bits per heavy atom. The first-order chi connectivity index (χ1) is 13.2. The van der Waals surface area contributed by atoms with Gasteiger partial charge in [0.15, 0.2) is 0 Å². The van der Waals surface area contributed by atoms with E-state index in [9.17, 15) is 4.79 Å². The summed E-state index contributed by atoms with van der Waals surface area (Å²) in [4.78, 5) is 15.0. The van der Waals surface area contributed by atoms with E-state index in [2.05, 4.69) is 12.1 Å². The summed E-state index contributed by atoms with van der Waals surface area (Å²) in [6.07, 6.45) is 0.807. The number of fused-ring (bicyclic) bond motifs is 1. The molecule has 0 radical (unpaired) electrons. The number of nitriles is 1. The maximum absolute atomic E-state index is 13.1. The molecule has 0 bridgehead atoms. The number of amides is 1.